The maximum atomic E-state index is 13.3. The minimum atomic E-state index is -1.78. The maximum absolute atomic E-state index is 13.3. The molecule has 232 valence electrons. The summed E-state index contributed by atoms with van der Waals surface area (Å²) in [5, 5.41) is 32.0. The summed E-state index contributed by atoms with van der Waals surface area (Å²) in [4.78, 5) is 52.1. The number of benzene rings is 2. The normalized spacial score (nSPS) is 27.6. The molecule has 0 amide bonds. The predicted octanol–water partition coefficient (Wildman–Crippen LogP) is 1.69. The van der Waals surface area contributed by atoms with E-state index in [1.165, 1.54) is 12.1 Å². The van der Waals surface area contributed by atoms with Crippen molar-refractivity contribution in [1.29, 1.82) is 0 Å². The summed E-state index contributed by atoms with van der Waals surface area (Å²) < 4.78 is 22.4. The first kappa shape index (κ1) is 29.8. The number of nitrogens with zero attached hydrogens (tertiary/aromatic N) is 1. The fourth-order valence-electron chi connectivity index (χ4n) is 7.41. The van der Waals surface area contributed by atoms with E-state index in [4.69, 9.17) is 18.9 Å². The molecule has 12 nitrogen and oxygen atoms in total. The lowest BCUT2D eigenvalue weighted by Gasteiger charge is -2.61. The Balaban J connectivity index is 1.26. The third-order valence-electron chi connectivity index (χ3n) is 9.34. The van der Waals surface area contributed by atoms with Crippen LogP contribution in [0.1, 0.15) is 54.5 Å². The number of carbonyl (C=O) groups excluding carboxylic acids is 3. The second-order valence-corrected chi connectivity index (χ2v) is 11.7. The van der Waals surface area contributed by atoms with Crippen LogP contribution in [-0.4, -0.2) is 81.5 Å². The van der Waals surface area contributed by atoms with Crippen molar-refractivity contribution in [2.24, 2.45) is 0 Å². The van der Waals surface area contributed by atoms with E-state index in [1.54, 1.807) is 30.3 Å². The Labute approximate surface area is 252 Å². The zero-order valence-electron chi connectivity index (χ0n) is 24.2. The molecule has 2 aromatic rings. The summed E-state index contributed by atoms with van der Waals surface area (Å²) in [5.41, 5.74) is 0.380. The number of likely N-dealkylation sites (N-methyl/N-ethyl adjacent to an activating group) is 1. The molecule has 1 spiro atoms. The smallest absolute Gasteiger partial charge is 0.349 e. The number of rotatable bonds is 9. The maximum Gasteiger partial charge on any atom is 0.349 e. The molecule has 6 atom stereocenters. The fraction of sp³-hybridized carbons (Fsp3) is 0.438. The van der Waals surface area contributed by atoms with Crippen LogP contribution >= 0.6 is 0 Å². The molecule has 2 bridgehead atoms. The van der Waals surface area contributed by atoms with Crippen LogP contribution in [0.5, 0.6) is 5.75 Å². The van der Waals surface area contributed by atoms with Gasteiger partial charge in [-0.3, -0.25) is 9.59 Å². The molecule has 44 heavy (non-hydrogen) atoms. The standard InChI is InChI=1S/C32H33NO11/c1-17(35)41-22(30(39)44-27(29(37)38)18-6-4-3-5-7-18)15-24(36)42-21-10-11-32(40)23-14-19-8-9-20(16-34)26-25(19)31(32,28(21)43-26)12-13-33(23)2/h3-10,22-23,27-28,34,40H,11-16H2,1-2H3,(H,37,38)/t22-,23+,27-,28-,31-,32+/m0/s1. The SMILES string of the molecule is CC(=O)O[C@@H](CC(=O)OC1=CC[C@@]2(O)[C@H]3Cc4ccc(CO)c5c4[C@@]2(CCN3C)[C@H]1O5)C(=O)O[C@H](C(=O)O)c1ccccc1. The van der Waals surface area contributed by atoms with E-state index in [-0.39, 0.29) is 30.4 Å². The number of hydrogen-bond acceptors (Lipinski definition) is 11. The molecule has 2 aromatic carbocycles. The van der Waals surface area contributed by atoms with E-state index in [2.05, 4.69) is 4.90 Å². The van der Waals surface area contributed by atoms with Gasteiger partial charge in [0.1, 0.15) is 11.5 Å². The van der Waals surface area contributed by atoms with Gasteiger partial charge < -0.3 is 39.2 Å². The summed E-state index contributed by atoms with van der Waals surface area (Å²) in [6.45, 7) is 1.42. The minimum Gasteiger partial charge on any atom is -0.481 e. The van der Waals surface area contributed by atoms with Gasteiger partial charge in [-0.2, -0.15) is 0 Å². The largest absolute Gasteiger partial charge is 0.481 e. The Kier molecular flexibility index (Phi) is 7.47. The quantitative estimate of drug-likeness (QED) is 0.279. The van der Waals surface area contributed by atoms with Crippen molar-refractivity contribution in [3.05, 3.63) is 76.6 Å². The fourth-order valence-corrected chi connectivity index (χ4v) is 7.41. The lowest BCUT2D eigenvalue weighted by atomic mass is 9.50. The van der Waals surface area contributed by atoms with Gasteiger partial charge in [0.25, 0.3) is 0 Å². The molecule has 2 aliphatic carbocycles. The molecule has 0 saturated carbocycles. The van der Waals surface area contributed by atoms with Crippen molar-refractivity contribution in [2.45, 2.75) is 74.6 Å². The van der Waals surface area contributed by atoms with Crippen molar-refractivity contribution < 1.29 is 53.4 Å². The van der Waals surface area contributed by atoms with Gasteiger partial charge in [0.05, 0.1) is 24.0 Å². The highest BCUT2D eigenvalue weighted by atomic mass is 16.6. The molecule has 0 radical (unpaired) electrons. The first-order valence-corrected chi connectivity index (χ1v) is 14.4. The minimum absolute atomic E-state index is 0.138. The number of likely N-dealkylation sites (tertiary alicyclic amines) is 1. The van der Waals surface area contributed by atoms with Crippen LogP contribution in [0.4, 0.5) is 0 Å². The average Bonchev–Trinajstić information content (AvgIpc) is 3.35. The Bertz CT molecular complexity index is 1550. The second-order valence-electron chi connectivity index (χ2n) is 11.7. The molecule has 12 heteroatoms. The molecule has 4 aliphatic rings. The number of carboxylic acid groups (broad SMARTS) is 1. The molecule has 0 unspecified atom stereocenters. The van der Waals surface area contributed by atoms with Crippen molar-refractivity contribution in [2.75, 3.05) is 13.6 Å². The Hall–Kier alpha value is -4.26. The topological polar surface area (TPSA) is 169 Å². The zero-order chi connectivity index (χ0) is 31.4. The van der Waals surface area contributed by atoms with Gasteiger partial charge in [-0.15, -0.1) is 0 Å². The van der Waals surface area contributed by atoms with Crippen LogP contribution in [0.15, 0.2) is 54.3 Å². The van der Waals surface area contributed by atoms with Gasteiger partial charge in [-0.05, 0) is 38.1 Å². The summed E-state index contributed by atoms with van der Waals surface area (Å²) in [6.07, 6.45) is -2.25. The summed E-state index contributed by atoms with van der Waals surface area (Å²) in [7, 11) is 1.97. The molecule has 1 saturated heterocycles. The third-order valence-corrected chi connectivity index (χ3v) is 9.34. The number of ether oxygens (including phenoxy) is 4. The molecule has 3 N–H and O–H groups in total. The highest BCUT2D eigenvalue weighted by Gasteiger charge is 2.71. The number of carboxylic acids is 1. The van der Waals surface area contributed by atoms with Crippen LogP contribution in [0.3, 0.4) is 0 Å². The summed E-state index contributed by atoms with van der Waals surface area (Å²) in [5.74, 6) is -3.90. The second kappa shape index (κ2) is 11.0. The third kappa shape index (κ3) is 4.56. The highest BCUT2D eigenvalue weighted by molar-refractivity contribution is 5.86. The molecule has 2 aliphatic heterocycles. The van der Waals surface area contributed by atoms with E-state index >= 15 is 0 Å². The number of carbonyl (C=O) groups is 4. The number of aliphatic hydroxyl groups is 2. The summed E-state index contributed by atoms with van der Waals surface area (Å²) in [6, 6.07) is 11.3. The van der Waals surface area contributed by atoms with E-state index in [1.807, 2.05) is 13.1 Å². The first-order chi connectivity index (χ1) is 21.0. The Morgan fingerprint density at radius 1 is 1.11 bits per heavy atom. The van der Waals surface area contributed by atoms with Crippen LogP contribution in [0, 0.1) is 0 Å². The van der Waals surface area contributed by atoms with Crippen LogP contribution in [0.2, 0.25) is 0 Å². The first-order valence-electron chi connectivity index (χ1n) is 14.4. The van der Waals surface area contributed by atoms with Gasteiger partial charge in [0.15, 0.2) is 6.10 Å². The van der Waals surface area contributed by atoms with Crippen molar-refractivity contribution in [3.8, 4) is 5.75 Å². The Morgan fingerprint density at radius 3 is 2.55 bits per heavy atom. The molecule has 1 fully saturated rings. The average molecular weight is 608 g/mol. The van der Waals surface area contributed by atoms with Gasteiger partial charge >= 0.3 is 23.9 Å². The van der Waals surface area contributed by atoms with Crippen LogP contribution in [-0.2, 0) is 51.8 Å². The molecular weight excluding hydrogens is 574 g/mol. The molecular formula is C32H33NO11. The van der Waals surface area contributed by atoms with Crippen LogP contribution < -0.4 is 4.74 Å². The van der Waals surface area contributed by atoms with E-state index in [0.29, 0.717) is 30.7 Å². The van der Waals surface area contributed by atoms with E-state index in [9.17, 15) is 34.5 Å². The van der Waals surface area contributed by atoms with Crippen molar-refractivity contribution in [1.82, 2.24) is 4.90 Å². The lowest BCUT2D eigenvalue weighted by Crippen LogP contribution is -2.74. The van der Waals surface area contributed by atoms with Gasteiger partial charge in [0.2, 0.25) is 12.2 Å². The van der Waals surface area contributed by atoms with E-state index < -0.39 is 59.6 Å². The highest BCUT2D eigenvalue weighted by Crippen LogP contribution is 2.64. The predicted molar refractivity (Wildman–Crippen MR) is 150 cm³/mol. The number of hydrogen-bond donors (Lipinski definition) is 3. The van der Waals surface area contributed by atoms with Crippen molar-refractivity contribution >= 4 is 23.9 Å². The van der Waals surface area contributed by atoms with Gasteiger partial charge in [-0.25, -0.2) is 9.59 Å². The number of piperidine rings is 1. The zero-order valence-corrected chi connectivity index (χ0v) is 24.2. The summed E-state index contributed by atoms with van der Waals surface area (Å²) >= 11 is 0. The monoisotopic (exact) mass is 607 g/mol. The number of aliphatic carboxylic acids is 1. The number of aliphatic hydroxyl groups excluding tert-OH is 1. The van der Waals surface area contributed by atoms with Crippen molar-refractivity contribution in [3.63, 3.8) is 0 Å². The van der Waals surface area contributed by atoms with E-state index in [0.717, 1.165) is 18.1 Å². The molecule has 0 aromatic heterocycles. The molecule has 6 rings (SSSR count). The molecule has 2 heterocycles. The lowest BCUT2D eigenvalue weighted by molar-refractivity contribution is -0.180. The Morgan fingerprint density at radius 2 is 1.86 bits per heavy atom. The van der Waals surface area contributed by atoms with Crippen LogP contribution in [0.25, 0.3) is 0 Å². The van der Waals surface area contributed by atoms with Gasteiger partial charge in [-0.1, -0.05) is 42.5 Å². The van der Waals surface area contributed by atoms with Gasteiger partial charge in [0, 0.05) is 36.1 Å². The number of esters is 3.